The lowest BCUT2D eigenvalue weighted by atomic mass is 10.1. The molecule has 6 nitrogen and oxygen atoms in total. The summed E-state index contributed by atoms with van der Waals surface area (Å²) in [7, 11) is 0. The fraction of sp³-hybridized carbons (Fsp3) is 0.250. The number of halogens is 3. The van der Waals surface area contributed by atoms with Crippen molar-refractivity contribution in [1.29, 1.82) is 0 Å². The standard InChI is InChI=1S/C8H5F3N2O4/c9-7(10)6-4(13(16)17)1-3(2-5(14)15)8(11)12-6/h1,7H,2H2,(H,14,15). The molecule has 1 aromatic rings. The maximum atomic E-state index is 13.1. The fourth-order valence-electron chi connectivity index (χ4n) is 1.13. The average molecular weight is 250 g/mol. The number of carboxylic acids is 1. The van der Waals surface area contributed by atoms with Gasteiger partial charge in [-0.3, -0.25) is 14.9 Å². The number of pyridine rings is 1. The first kappa shape index (κ1) is 12.9. The molecule has 0 aliphatic heterocycles. The van der Waals surface area contributed by atoms with E-state index in [1.807, 2.05) is 0 Å². The number of carboxylic acid groups (broad SMARTS) is 1. The van der Waals surface area contributed by atoms with Crippen molar-refractivity contribution in [3.63, 3.8) is 0 Å². The van der Waals surface area contributed by atoms with Gasteiger partial charge in [-0.15, -0.1) is 0 Å². The Morgan fingerprint density at radius 1 is 1.59 bits per heavy atom. The number of hydrogen-bond acceptors (Lipinski definition) is 4. The fourth-order valence-corrected chi connectivity index (χ4v) is 1.13. The van der Waals surface area contributed by atoms with E-state index in [1.54, 1.807) is 0 Å². The molecule has 0 fully saturated rings. The molecule has 92 valence electrons. The Balaban J connectivity index is 3.34. The summed E-state index contributed by atoms with van der Waals surface area (Å²) < 4.78 is 37.7. The van der Waals surface area contributed by atoms with Crippen LogP contribution in [0.25, 0.3) is 0 Å². The molecule has 0 radical (unpaired) electrons. The van der Waals surface area contributed by atoms with Gasteiger partial charge in [0.25, 0.3) is 12.1 Å². The predicted octanol–water partition coefficient (Wildman–Crippen LogP) is 1.69. The van der Waals surface area contributed by atoms with E-state index in [1.165, 1.54) is 0 Å². The molecular weight excluding hydrogens is 245 g/mol. The quantitative estimate of drug-likeness (QED) is 0.498. The Hall–Kier alpha value is -2.19. The van der Waals surface area contributed by atoms with Gasteiger partial charge in [-0.2, -0.15) is 4.39 Å². The van der Waals surface area contributed by atoms with Crippen molar-refractivity contribution in [2.75, 3.05) is 0 Å². The lowest BCUT2D eigenvalue weighted by Crippen LogP contribution is -2.08. The van der Waals surface area contributed by atoms with Crippen LogP contribution in [-0.4, -0.2) is 21.0 Å². The smallest absolute Gasteiger partial charge is 0.307 e. The minimum atomic E-state index is -3.32. The molecule has 0 aliphatic rings. The number of aromatic nitrogens is 1. The minimum Gasteiger partial charge on any atom is -0.481 e. The normalized spacial score (nSPS) is 10.6. The van der Waals surface area contributed by atoms with Gasteiger partial charge in [0.15, 0.2) is 5.69 Å². The number of carbonyl (C=O) groups is 1. The highest BCUT2D eigenvalue weighted by atomic mass is 19.3. The summed E-state index contributed by atoms with van der Waals surface area (Å²) in [6.07, 6.45) is -4.19. The van der Waals surface area contributed by atoms with Crippen LogP contribution in [0.15, 0.2) is 6.07 Å². The Morgan fingerprint density at radius 3 is 2.59 bits per heavy atom. The predicted molar refractivity (Wildman–Crippen MR) is 47.1 cm³/mol. The third-order valence-corrected chi connectivity index (χ3v) is 1.80. The Kier molecular flexibility index (Phi) is 3.61. The summed E-state index contributed by atoms with van der Waals surface area (Å²) in [4.78, 5) is 22.3. The highest BCUT2D eigenvalue weighted by Gasteiger charge is 2.27. The molecule has 9 heteroatoms. The molecule has 0 unspecified atom stereocenters. The van der Waals surface area contributed by atoms with Crippen molar-refractivity contribution < 1.29 is 28.0 Å². The zero-order valence-electron chi connectivity index (χ0n) is 8.06. The first-order chi connectivity index (χ1) is 7.82. The highest BCUT2D eigenvalue weighted by molar-refractivity contribution is 5.70. The molecule has 0 bridgehead atoms. The largest absolute Gasteiger partial charge is 0.481 e. The van der Waals surface area contributed by atoms with Gasteiger partial charge in [-0.25, -0.2) is 13.8 Å². The van der Waals surface area contributed by atoms with E-state index in [0.717, 1.165) is 0 Å². The molecule has 0 amide bonds. The van der Waals surface area contributed by atoms with Crippen LogP contribution in [-0.2, 0) is 11.2 Å². The molecular formula is C8H5F3N2O4. The van der Waals surface area contributed by atoms with Crippen molar-refractivity contribution in [2.24, 2.45) is 0 Å². The van der Waals surface area contributed by atoms with Crippen LogP contribution >= 0.6 is 0 Å². The van der Waals surface area contributed by atoms with Crippen molar-refractivity contribution in [2.45, 2.75) is 12.8 Å². The molecule has 0 aliphatic carbocycles. The van der Waals surface area contributed by atoms with Crippen LogP contribution in [0, 0.1) is 16.1 Å². The maximum absolute atomic E-state index is 13.1. The highest BCUT2D eigenvalue weighted by Crippen LogP contribution is 2.28. The first-order valence-corrected chi connectivity index (χ1v) is 4.16. The Morgan fingerprint density at radius 2 is 2.18 bits per heavy atom. The summed E-state index contributed by atoms with van der Waals surface area (Å²) in [5, 5.41) is 18.8. The van der Waals surface area contributed by atoms with Gasteiger partial charge in [0.1, 0.15) is 0 Å². The summed E-state index contributed by atoms with van der Waals surface area (Å²) >= 11 is 0. The van der Waals surface area contributed by atoms with Gasteiger partial charge in [-0.1, -0.05) is 0 Å². The van der Waals surface area contributed by atoms with Crippen LogP contribution in [0.5, 0.6) is 0 Å². The molecule has 1 rings (SSSR count). The number of nitro groups is 1. The average Bonchev–Trinajstić information content (AvgIpc) is 2.19. The van der Waals surface area contributed by atoms with E-state index >= 15 is 0 Å². The molecule has 1 N–H and O–H groups in total. The van der Waals surface area contributed by atoms with E-state index in [9.17, 15) is 28.1 Å². The third kappa shape index (κ3) is 2.89. The summed E-state index contributed by atoms with van der Waals surface area (Å²) in [5.41, 5.74) is -3.03. The van der Waals surface area contributed by atoms with E-state index in [0.29, 0.717) is 6.07 Å². The maximum Gasteiger partial charge on any atom is 0.307 e. The van der Waals surface area contributed by atoms with Crippen molar-refractivity contribution in [3.05, 3.63) is 33.4 Å². The number of nitrogens with zero attached hydrogens (tertiary/aromatic N) is 2. The van der Waals surface area contributed by atoms with Crippen LogP contribution in [0.3, 0.4) is 0 Å². The van der Waals surface area contributed by atoms with Crippen LogP contribution in [0.4, 0.5) is 18.9 Å². The summed E-state index contributed by atoms with van der Waals surface area (Å²) in [6.45, 7) is 0. The van der Waals surface area contributed by atoms with E-state index < -0.39 is 46.6 Å². The number of aliphatic carboxylic acids is 1. The zero-order valence-corrected chi connectivity index (χ0v) is 8.06. The molecule has 1 heterocycles. The van der Waals surface area contributed by atoms with Gasteiger partial charge in [0, 0.05) is 11.6 Å². The van der Waals surface area contributed by atoms with Crippen LogP contribution < -0.4 is 0 Å². The Labute approximate surface area is 91.9 Å². The van der Waals surface area contributed by atoms with Gasteiger partial charge in [-0.05, 0) is 0 Å². The second kappa shape index (κ2) is 4.76. The molecule has 0 aromatic carbocycles. The molecule has 1 aromatic heterocycles. The topological polar surface area (TPSA) is 93.3 Å². The SMILES string of the molecule is O=C(O)Cc1cc([N+](=O)[O-])c(C(F)F)nc1F. The monoisotopic (exact) mass is 250 g/mol. The minimum absolute atomic E-state index is 0.456. The number of alkyl halides is 2. The molecule has 0 saturated heterocycles. The molecule has 0 spiro atoms. The first-order valence-electron chi connectivity index (χ1n) is 4.16. The van der Waals surface area contributed by atoms with Gasteiger partial charge < -0.3 is 5.11 Å². The third-order valence-electron chi connectivity index (χ3n) is 1.80. The number of hydrogen-bond donors (Lipinski definition) is 1. The van der Waals surface area contributed by atoms with Gasteiger partial charge >= 0.3 is 5.97 Å². The molecule has 0 atom stereocenters. The van der Waals surface area contributed by atoms with Crippen molar-refractivity contribution >= 4 is 11.7 Å². The van der Waals surface area contributed by atoms with E-state index in [2.05, 4.69) is 4.98 Å². The zero-order chi connectivity index (χ0) is 13.2. The van der Waals surface area contributed by atoms with Crippen LogP contribution in [0.1, 0.15) is 17.7 Å². The Bertz CT molecular complexity index is 478. The van der Waals surface area contributed by atoms with Gasteiger partial charge in [0.2, 0.25) is 5.95 Å². The van der Waals surface area contributed by atoms with Crippen LogP contribution in [0.2, 0.25) is 0 Å². The number of rotatable bonds is 4. The second-order valence-electron chi connectivity index (χ2n) is 2.97. The van der Waals surface area contributed by atoms with Crippen molar-refractivity contribution in [1.82, 2.24) is 4.98 Å². The summed E-state index contributed by atoms with van der Waals surface area (Å²) in [6, 6.07) is 0.456. The van der Waals surface area contributed by atoms with E-state index in [4.69, 9.17) is 5.11 Å². The van der Waals surface area contributed by atoms with E-state index in [-0.39, 0.29) is 0 Å². The second-order valence-corrected chi connectivity index (χ2v) is 2.97. The van der Waals surface area contributed by atoms with Gasteiger partial charge in [0.05, 0.1) is 11.3 Å². The lowest BCUT2D eigenvalue weighted by Gasteiger charge is -2.04. The summed E-state index contributed by atoms with van der Waals surface area (Å²) in [5.74, 6) is -2.90. The molecule has 17 heavy (non-hydrogen) atoms. The van der Waals surface area contributed by atoms with Crippen molar-refractivity contribution in [3.8, 4) is 0 Å². The molecule has 0 saturated carbocycles. The lowest BCUT2D eigenvalue weighted by molar-refractivity contribution is -0.386.